The van der Waals surface area contributed by atoms with Crippen molar-refractivity contribution >= 4 is 17.6 Å². The van der Waals surface area contributed by atoms with Gasteiger partial charge in [0.1, 0.15) is 0 Å². The van der Waals surface area contributed by atoms with Crippen molar-refractivity contribution in [2.45, 2.75) is 13.0 Å². The average Bonchev–Trinajstić information content (AvgIpc) is 2.46. The maximum absolute atomic E-state index is 11.7. The van der Waals surface area contributed by atoms with E-state index in [0.29, 0.717) is 0 Å². The van der Waals surface area contributed by atoms with E-state index in [4.69, 9.17) is 9.47 Å². The van der Waals surface area contributed by atoms with Crippen molar-refractivity contribution in [1.82, 2.24) is 10.6 Å². The fraction of sp³-hybridized carbons (Fsp3) is 0.333. The minimum Gasteiger partial charge on any atom is -0.493 e. The molecular weight excluding hydrogens is 282 g/mol. The molecule has 9 heteroatoms. The summed E-state index contributed by atoms with van der Waals surface area (Å²) in [5.41, 5.74) is -0.204. The van der Waals surface area contributed by atoms with Gasteiger partial charge in [-0.2, -0.15) is 0 Å². The number of nitro benzene ring substituents is 1. The fourth-order valence-electron chi connectivity index (χ4n) is 1.39. The second-order valence-electron chi connectivity index (χ2n) is 3.92. The van der Waals surface area contributed by atoms with Crippen molar-refractivity contribution in [2.75, 3.05) is 14.2 Å². The Morgan fingerprint density at radius 1 is 1.33 bits per heavy atom. The van der Waals surface area contributed by atoms with E-state index >= 15 is 0 Å². The van der Waals surface area contributed by atoms with Crippen molar-refractivity contribution in [3.63, 3.8) is 0 Å². The molecule has 0 aliphatic heterocycles. The highest BCUT2D eigenvalue weighted by Crippen LogP contribution is 2.31. The summed E-state index contributed by atoms with van der Waals surface area (Å²) < 4.78 is 10.3. The van der Waals surface area contributed by atoms with Gasteiger partial charge in [0.15, 0.2) is 17.6 Å². The van der Waals surface area contributed by atoms with E-state index in [1.807, 2.05) is 5.32 Å². The number of nitrogens with zero attached hydrogens (tertiary/aromatic N) is 1. The van der Waals surface area contributed by atoms with Gasteiger partial charge in [0.05, 0.1) is 18.1 Å². The summed E-state index contributed by atoms with van der Waals surface area (Å²) >= 11 is 0. The fourth-order valence-corrected chi connectivity index (χ4v) is 1.39. The zero-order valence-corrected chi connectivity index (χ0v) is 11.7. The Balaban J connectivity index is 2.89. The van der Waals surface area contributed by atoms with Crippen molar-refractivity contribution in [3.8, 4) is 11.5 Å². The molecule has 0 unspecified atom stereocenters. The van der Waals surface area contributed by atoms with Crippen molar-refractivity contribution in [2.24, 2.45) is 0 Å². The molecule has 0 aliphatic rings. The molecule has 0 fully saturated rings. The monoisotopic (exact) mass is 297 g/mol. The molecule has 21 heavy (non-hydrogen) atoms. The van der Waals surface area contributed by atoms with Gasteiger partial charge in [-0.1, -0.05) is 0 Å². The summed E-state index contributed by atoms with van der Waals surface area (Å²) in [6.45, 7) is 1.40. The number of rotatable bonds is 5. The molecule has 1 aromatic rings. The average molecular weight is 297 g/mol. The van der Waals surface area contributed by atoms with Crippen LogP contribution in [-0.4, -0.2) is 37.1 Å². The first-order chi connectivity index (χ1) is 9.88. The smallest absolute Gasteiger partial charge is 0.321 e. The van der Waals surface area contributed by atoms with Gasteiger partial charge in [-0.25, -0.2) is 4.79 Å². The summed E-state index contributed by atoms with van der Waals surface area (Å²) in [6, 6.07) is 3.07. The van der Waals surface area contributed by atoms with Crippen molar-refractivity contribution in [1.29, 1.82) is 0 Å². The number of nitrogens with one attached hydrogen (secondary N) is 2. The number of ether oxygens (including phenoxy) is 2. The molecule has 0 saturated heterocycles. The molecule has 1 atom stereocenters. The number of urea groups is 1. The SMILES string of the molecule is CNC(=O)NC(=O)[C@@H](C)Oc1cc([N+](=O)[O-])ccc1OC. The lowest BCUT2D eigenvalue weighted by Crippen LogP contribution is -2.44. The number of non-ortho nitro benzene ring substituents is 1. The lowest BCUT2D eigenvalue weighted by atomic mass is 10.2. The van der Waals surface area contributed by atoms with Crippen LogP contribution in [0.4, 0.5) is 10.5 Å². The normalized spacial score (nSPS) is 11.2. The molecule has 2 N–H and O–H groups in total. The Kier molecular flexibility index (Phi) is 5.47. The molecule has 114 valence electrons. The number of benzene rings is 1. The highest BCUT2D eigenvalue weighted by Gasteiger charge is 2.20. The van der Waals surface area contributed by atoms with Gasteiger partial charge in [0, 0.05) is 13.1 Å². The number of hydrogen-bond acceptors (Lipinski definition) is 6. The van der Waals surface area contributed by atoms with Crippen LogP contribution in [0.25, 0.3) is 0 Å². The summed E-state index contributed by atoms with van der Waals surface area (Å²) in [5, 5.41) is 15.0. The topological polar surface area (TPSA) is 120 Å². The van der Waals surface area contributed by atoms with E-state index in [-0.39, 0.29) is 17.2 Å². The van der Waals surface area contributed by atoms with Gasteiger partial charge in [-0.15, -0.1) is 0 Å². The zero-order chi connectivity index (χ0) is 16.0. The van der Waals surface area contributed by atoms with Crippen LogP contribution in [0.3, 0.4) is 0 Å². The van der Waals surface area contributed by atoms with Crippen LogP contribution < -0.4 is 20.1 Å². The molecule has 1 aromatic carbocycles. The first-order valence-electron chi connectivity index (χ1n) is 5.90. The predicted octanol–water partition coefficient (Wildman–Crippen LogP) is 0.826. The van der Waals surface area contributed by atoms with E-state index in [1.165, 1.54) is 33.2 Å². The molecule has 0 spiro atoms. The Hall–Kier alpha value is -2.84. The second kappa shape index (κ2) is 7.08. The third kappa shape index (κ3) is 4.34. The Morgan fingerprint density at radius 3 is 2.52 bits per heavy atom. The van der Waals surface area contributed by atoms with Gasteiger partial charge in [0.25, 0.3) is 11.6 Å². The second-order valence-corrected chi connectivity index (χ2v) is 3.92. The van der Waals surface area contributed by atoms with E-state index in [2.05, 4.69) is 5.32 Å². The van der Waals surface area contributed by atoms with Gasteiger partial charge in [-0.05, 0) is 13.0 Å². The Morgan fingerprint density at radius 2 is 2.00 bits per heavy atom. The van der Waals surface area contributed by atoms with Crippen LogP contribution in [0.5, 0.6) is 11.5 Å². The molecular formula is C12H15N3O6. The van der Waals surface area contributed by atoms with Gasteiger partial charge < -0.3 is 14.8 Å². The predicted molar refractivity (Wildman–Crippen MR) is 72.3 cm³/mol. The van der Waals surface area contributed by atoms with Crippen molar-refractivity contribution < 1.29 is 24.0 Å². The standard InChI is InChI=1S/C12H15N3O6/c1-7(11(16)14-12(17)13-2)21-10-6-8(15(18)19)4-5-9(10)20-3/h4-7H,1-3H3,(H2,13,14,16,17)/t7-/m1/s1. The van der Waals surface area contributed by atoms with E-state index in [0.717, 1.165) is 6.07 Å². The largest absolute Gasteiger partial charge is 0.493 e. The summed E-state index contributed by atoms with van der Waals surface area (Å²) in [6.07, 6.45) is -1.04. The molecule has 0 bridgehead atoms. The van der Waals surface area contributed by atoms with Gasteiger partial charge >= 0.3 is 6.03 Å². The van der Waals surface area contributed by atoms with Crippen LogP contribution in [0.2, 0.25) is 0 Å². The summed E-state index contributed by atoms with van der Waals surface area (Å²) in [4.78, 5) is 32.8. The third-order valence-electron chi connectivity index (χ3n) is 2.49. The molecule has 1 rings (SSSR count). The van der Waals surface area contributed by atoms with Crippen molar-refractivity contribution in [3.05, 3.63) is 28.3 Å². The Labute approximate surface area is 120 Å². The van der Waals surface area contributed by atoms with E-state index in [9.17, 15) is 19.7 Å². The highest BCUT2D eigenvalue weighted by molar-refractivity contribution is 5.96. The number of imide groups is 1. The molecule has 0 heterocycles. The van der Waals surface area contributed by atoms with E-state index < -0.39 is 23.0 Å². The maximum atomic E-state index is 11.7. The first kappa shape index (κ1) is 16.2. The number of carbonyl (C=O) groups is 2. The minimum atomic E-state index is -1.04. The van der Waals surface area contributed by atoms with Gasteiger partial charge in [-0.3, -0.25) is 20.2 Å². The lowest BCUT2D eigenvalue weighted by molar-refractivity contribution is -0.385. The minimum absolute atomic E-state index is 0.0336. The van der Waals surface area contributed by atoms with E-state index in [1.54, 1.807) is 0 Å². The molecule has 9 nitrogen and oxygen atoms in total. The number of methoxy groups -OCH3 is 1. The molecule has 3 amide bonds. The lowest BCUT2D eigenvalue weighted by Gasteiger charge is -2.15. The number of hydrogen-bond donors (Lipinski definition) is 2. The summed E-state index contributed by atoms with van der Waals surface area (Å²) in [5.74, 6) is -0.422. The zero-order valence-electron chi connectivity index (χ0n) is 11.7. The van der Waals surface area contributed by atoms with Crippen LogP contribution >= 0.6 is 0 Å². The number of carbonyl (C=O) groups excluding carboxylic acids is 2. The summed E-state index contributed by atoms with van der Waals surface area (Å²) in [7, 11) is 2.72. The van der Waals surface area contributed by atoms with Crippen LogP contribution in [0.1, 0.15) is 6.92 Å². The highest BCUT2D eigenvalue weighted by atomic mass is 16.6. The molecule has 0 radical (unpaired) electrons. The molecule has 0 aliphatic carbocycles. The van der Waals surface area contributed by atoms with Crippen LogP contribution in [-0.2, 0) is 4.79 Å². The molecule has 0 saturated carbocycles. The first-order valence-corrected chi connectivity index (χ1v) is 5.90. The van der Waals surface area contributed by atoms with Crippen LogP contribution in [0.15, 0.2) is 18.2 Å². The van der Waals surface area contributed by atoms with Crippen LogP contribution in [0, 0.1) is 10.1 Å². The number of amides is 3. The number of nitro groups is 1. The van der Waals surface area contributed by atoms with Gasteiger partial charge in [0.2, 0.25) is 0 Å². The quantitative estimate of drug-likeness (QED) is 0.613. The Bertz CT molecular complexity index is 560. The third-order valence-corrected chi connectivity index (χ3v) is 2.49. The molecule has 0 aromatic heterocycles. The maximum Gasteiger partial charge on any atom is 0.321 e.